The van der Waals surface area contributed by atoms with Crippen molar-refractivity contribution in [3.05, 3.63) is 52.7 Å². The molecule has 0 fully saturated rings. The minimum Gasteiger partial charge on any atom is -0.508 e. The van der Waals surface area contributed by atoms with E-state index in [4.69, 9.17) is 4.74 Å². The van der Waals surface area contributed by atoms with Gasteiger partial charge in [0, 0.05) is 28.6 Å². The molecule has 0 radical (unpaired) electrons. The average Bonchev–Trinajstić information content (AvgIpc) is 2.56. The van der Waals surface area contributed by atoms with E-state index in [2.05, 4.69) is 10.3 Å². The molecule has 25 heavy (non-hydrogen) atoms. The summed E-state index contributed by atoms with van der Waals surface area (Å²) < 4.78 is 4.85. The topological polar surface area (TPSA) is 112 Å². The summed E-state index contributed by atoms with van der Waals surface area (Å²) in [4.78, 5) is 27.1. The van der Waals surface area contributed by atoms with E-state index in [1.54, 1.807) is 19.1 Å². The molecular formula is C18H16N2O5. The van der Waals surface area contributed by atoms with E-state index in [-0.39, 0.29) is 23.5 Å². The van der Waals surface area contributed by atoms with Gasteiger partial charge in [0.05, 0.1) is 18.0 Å². The number of aromatic nitrogens is 1. The zero-order chi connectivity index (χ0) is 18.0. The molecule has 4 N–H and O–H groups in total. The second-order valence-corrected chi connectivity index (χ2v) is 5.35. The second kappa shape index (κ2) is 6.56. The summed E-state index contributed by atoms with van der Waals surface area (Å²) in [6.45, 7) is 1.88. The molecule has 0 aliphatic heterocycles. The predicted octanol–water partition coefficient (Wildman–Crippen LogP) is 3.17. The van der Waals surface area contributed by atoms with Gasteiger partial charge in [-0.05, 0) is 37.3 Å². The first-order chi connectivity index (χ1) is 12.0. The number of anilines is 1. The van der Waals surface area contributed by atoms with Gasteiger partial charge in [-0.15, -0.1) is 0 Å². The number of hydrogen-bond donors (Lipinski definition) is 4. The molecule has 0 unspecified atom stereocenters. The highest BCUT2D eigenvalue weighted by atomic mass is 16.5. The van der Waals surface area contributed by atoms with Crippen molar-refractivity contribution in [3.63, 3.8) is 0 Å². The Labute approximate surface area is 142 Å². The van der Waals surface area contributed by atoms with Gasteiger partial charge >= 0.3 is 6.09 Å². The fourth-order valence-electron chi connectivity index (χ4n) is 2.53. The third-order valence-electron chi connectivity index (χ3n) is 3.62. The van der Waals surface area contributed by atoms with Gasteiger partial charge in [-0.3, -0.25) is 10.1 Å². The number of aromatic amines is 1. The molecule has 7 heteroatoms. The number of hydrogen-bond acceptors (Lipinski definition) is 5. The number of rotatable bonds is 3. The van der Waals surface area contributed by atoms with E-state index in [1.807, 2.05) is 0 Å². The summed E-state index contributed by atoms with van der Waals surface area (Å²) in [6, 6.07) is 10.2. The van der Waals surface area contributed by atoms with E-state index < -0.39 is 6.09 Å². The molecule has 0 atom stereocenters. The molecule has 2 aromatic carbocycles. The lowest BCUT2D eigenvalue weighted by Gasteiger charge is -2.12. The summed E-state index contributed by atoms with van der Waals surface area (Å²) in [5, 5.41) is 22.1. The largest absolute Gasteiger partial charge is 0.508 e. The van der Waals surface area contributed by atoms with Crippen LogP contribution in [0.2, 0.25) is 0 Å². The fraction of sp³-hybridized carbons (Fsp3) is 0.111. The Hall–Kier alpha value is -3.48. The fourth-order valence-corrected chi connectivity index (χ4v) is 2.53. The van der Waals surface area contributed by atoms with E-state index >= 15 is 0 Å². The molecule has 1 amide bonds. The van der Waals surface area contributed by atoms with E-state index in [1.165, 1.54) is 30.3 Å². The van der Waals surface area contributed by atoms with Crippen LogP contribution in [0.1, 0.15) is 6.92 Å². The van der Waals surface area contributed by atoms with Crippen LogP contribution in [0.15, 0.2) is 47.3 Å². The Morgan fingerprint density at radius 3 is 2.60 bits per heavy atom. The van der Waals surface area contributed by atoms with Crippen LogP contribution in [0.4, 0.5) is 10.5 Å². The van der Waals surface area contributed by atoms with E-state index in [9.17, 15) is 19.8 Å². The van der Waals surface area contributed by atoms with Crippen LogP contribution in [-0.2, 0) is 4.74 Å². The SMILES string of the molecule is CCOC(=O)Nc1cc(O)ccc1-c1cc(=O)c2cc(O)ccc2[nH]1. The maximum atomic E-state index is 12.3. The van der Waals surface area contributed by atoms with Crippen LogP contribution in [0.5, 0.6) is 11.5 Å². The van der Waals surface area contributed by atoms with Crippen LogP contribution >= 0.6 is 0 Å². The Morgan fingerprint density at radius 2 is 1.84 bits per heavy atom. The quantitative estimate of drug-likeness (QED) is 0.585. The zero-order valence-electron chi connectivity index (χ0n) is 13.4. The number of ether oxygens (including phenoxy) is 1. The average molecular weight is 340 g/mol. The number of H-pyrrole nitrogens is 1. The summed E-state index contributed by atoms with van der Waals surface area (Å²) in [6.07, 6.45) is -0.664. The van der Waals surface area contributed by atoms with Gasteiger partial charge in [-0.25, -0.2) is 4.79 Å². The van der Waals surface area contributed by atoms with Crippen molar-refractivity contribution in [2.75, 3.05) is 11.9 Å². The Bertz CT molecular complexity index is 1010. The van der Waals surface area contributed by atoms with Crippen LogP contribution in [0.3, 0.4) is 0 Å². The first kappa shape index (κ1) is 16.4. The van der Waals surface area contributed by atoms with E-state index in [0.717, 1.165) is 0 Å². The molecule has 0 saturated heterocycles. The summed E-state index contributed by atoms with van der Waals surface area (Å²) in [5.41, 5.74) is 1.52. The number of benzene rings is 2. The number of carbonyl (C=O) groups excluding carboxylic acids is 1. The van der Waals surface area contributed by atoms with Crippen molar-refractivity contribution in [1.29, 1.82) is 0 Å². The maximum absolute atomic E-state index is 12.3. The number of phenols is 2. The lowest BCUT2D eigenvalue weighted by molar-refractivity contribution is 0.168. The predicted molar refractivity (Wildman–Crippen MR) is 94.0 cm³/mol. The molecule has 128 valence electrons. The smallest absolute Gasteiger partial charge is 0.411 e. The highest BCUT2D eigenvalue weighted by molar-refractivity contribution is 5.92. The Balaban J connectivity index is 2.13. The van der Waals surface area contributed by atoms with Crippen LogP contribution in [0.25, 0.3) is 22.2 Å². The first-order valence-electron chi connectivity index (χ1n) is 7.61. The van der Waals surface area contributed by atoms with Crippen molar-refractivity contribution < 1.29 is 19.7 Å². The molecule has 0 saturated carbocycles. The molecule has 3 aromatic rings. The second-order valence-electron chi connectivity index (χ2n) is 5.35. The third kappa shape index (κ3) is 3.40. The molecular weight excluding hydrogens is 324 g/mol. The number of phenolic OH excluding ortho intramolecular Hbond substituents is 2. The first-order valence-corrected chi connectivity index (χ1v) is 7.61. The number of amides is 1. The number of nitrogens with one attached hydrogen (secondary N) is 2. The van der Waals surface area contributed by atoms with Gasteiger partial charge in [-0.2, -0.15) is 0 Å². The van der Waals surface area contributed by atoms with Crippen molar-refractivity contribution >= 4 is 22.7 Å². The lowest BCUT2D eigenvalue weighted by atomic mass is 10.1. The lowest BCUT2D eigenvalue weighted by Crippen LogP contribution is -2.14. The van der Waals surface area contributed by atoms with Crippen molar-refractivity contribution in [1.82, 2.24) is 4.98 Å². The van der Waals surface area contributed by atoms with Crippen molar-refractivity contribution in [3.8, 4) is 22.8 Å². The summed E-state index contributed by atoms with van der Waals surface area (Å²) >= 11 is 0. The van der Waals surface area contributed by atoms with Gasteiger partial charge in [0.15, 0.2) is 5.43 Å². The molecule has 0 bridgehead atoms. The molecule has 1 aromatic heterocycles. The van der Waals surface area contributed by atoms with Crippen molar-refractivity contribution in [2.24, 2.45) is 0 Å². The van der Waals surface area contributed by atoms with Gasteiger partial charge < -0.3 is 19.9 Å². The molecule has 0 spiro atoms. The van der Waals surface area contributed by atoms with E-state index in [0.29, 0.717) is 27.8 Å². The highest BCUT2D eigenvalue weighted by Crippen LogP contribution is 2.30. The maximum Gasteiger partial charge on any atom is 0.411 e. The number of aromatic hydroxyl groups is 2. The normalized spacial score (nSPS) is 10.6. The van der Waals surface area contributed by atoms with Crippen LogP contribution in [-0.4, -0.2) is 27.9 Å². The van der Waals surface area contributed by atoms with Gasteiger partial charge in [0.25, 0.3) is 0 Å². The minimum atomic E-state index is -0.664. The number of pyridine rings is 1. The summed E-state index contributed by atoms with van der Waals surface area (Å²) in [7, 11) is 0. The molecule has 1 heterocycles. The number of fused-ring (bicyclic) bond motifs is 1. The Morgan fingerprint density at radius 1 is 1.12 bits per heavy atom. The third-order valence-corrected chi connectivity index (χ3v) is 3.62. The molecule has 7 nitrogen and oxygen atoms in total. The minimum absolute atomic E-state index is 0.0000465. The Kier molecular flexibility index (Phi) is 4.30. The van der Waals surface area contributed by atoms with Crippen molar-refractivity contribution in [2.45, 2.75) is 6.92 Å². The molecule has 0 aliphatic carbocycles. The van der Waals surface area contributed by atoms with Gasteiger partial charge in [0.2, 0.25) is 0 Å². The highest BCUT2D eigenvalue weighted by Gasteiger charge is 2.13. The zero-order valence-corrected chi connectivity index (χ0v) is 13.4. The molecule has 3 rings (SSSR count). The van der Waals surface area contributed by atoms with Crippen LogP contribution < -0.4 is 10.7 Å². The monoisotopic (exact) mass is 340 g/mol. The van der Waals surface area contributed by atoms with Gasteiger partial charge in [0.1, 0.15) is 11.5 Å². The van der Waals surface area contributed by atoms with Crippen LogP contribution in [0, 0.1) is 0 Å². The number of carbonyl (C=O) groups is 1. The van der Waals surface area contributed by atoms with Gasteiger partial charge in [-0.1, -0.05) is 0 Å². The molecule has 0 aliphatic rings. The standard InChI is InChI=1S/C18H16N2O5/c1-2-25-18(24)20-15-8-11(22)3-5-12(15)16-9-17(23)13-7-10(21)4-6-14(13)19-16/h3-9,21-22H,2H2,1H3,(H,19,23)(H,20,24). The summed E-state index contributed by atoms with van der Waals surface area (Å²) in [5.74, 6) is -0.0383.